The van der Waals surface area contributed by atoms with Gasteiger partial charge in [0.2, 0.25) is 0 Å². The lowest BCUT2D eigenvalue weighted by atomic mass is 10.1. The van der Waals surface area contributed by atoms with Crippen molar-refractivity contribution in [1.29, 1.82) is 0 Å². The Bertz CT molecular complexity index is 516. The molecule has 0 saturated carbocycles. The molecule has 78 valence electrons. The number of nitrogens with one attached hydrogen (secondary N) is 1. The fourth-order valence-corrected chi connectivity index (χ4v) is 1.49. The molecule has 1 heterocycles. The lowest BCUT2D eigenvalue weighted by molar-refractivity contribution is 0.318. The van der Waals surface area contributed by atoms with E-state index in [2.05, 4.69) is 10.1 Å². The molecule has 0 amide bonds. The molecule has 1 aromatic heterocycles. The number of aromatic nitrogens is 1. The van der Waals surface area contributed by atoms with E-state index in [0.717, 1.165) is 16.7 Å². The van der Waals surface area contributed by atoms with Crippen LogP contribution in [0.1, 0.15) is 5.56 Å². The lowest BCUT2D eigenvalue weighted by Crippen LogP contribution is -2.12. The summed E-state index contributed by atoms with van der Waals surface area (Å²) < 4.78 is 5.10. The molecule has 0 atom stereocenters. The normalized spacial score (nSPS) is 11.9. The number of rotatable bonds is 2. The molecule has 4 N–H and O–H groups in total. The summed E-state index contributed by atoms with van der Waals surface area (Å²) in [6, 6.07) is 5.55. The lowest BCUT2D eigenvalue weighted by Gasteiger charge is -2.00. The van der Waals surface area contributed by atoms with Gasteiger partial charge in [0.05, 0.1) is 7.11 Å². The van der Waals surface area contributed by atoms with E-state index in [1.807, 2.05) is 18.2 Å². The van der Waals surface area contributed by atoms with Crippen LogP contribution in [0, 0.1) is 0 Å². The van der Waals surface area contributed by atoms with Crippen LogP contribution in [0.3, 0.4) is 0 Å². The summed E-state index contributed by atoms with van der Waals surface area (Å²) in [5, 5.41) is 12.4. The van der Waals surface area contributed by atoms with Gasteiger partial charge in [-0.1, -0.05) is 5.16 Å². The van der Waals surface area contributed by atoms with Crippen LogP contribution in [0.2, 0.25) is 0 Å². The molecule has 2 rings (SSSR count). The van der Waals surface area contributed by atoms with Gasteiger partial charge < -0.3 is 20.7 Å². The fourth-order valence-electron chi connectivity index (χ4n) is 1.49. The Morgan fingerprint density at radius 2 is 2.33 bits per heavy atom. The molecule has 0 spiro atoms. The second kappa shape index (κ2) is 3.53. The summed E-state index contributed by atoms with van der Waals surface area (Å²) in [5.74, 6) is 0.809. The molecule has 0 radical (unpaired) electrons. The average Bonchev–Trinajstić information content (AvgIpc) is 2.70. The molecule has 5 heteroatoms. The zero-order chi connectivity index (χ0) is 10.8. The van der Waals surface area contributed by atoms with Gasteiger partial charge in [-0.3, -0.25) is 0 Å². The Labute approximate surface area is 86.1 Å². The van der Waals surface area contributed by atoms with E-state index >= 15 is 0 Å². The number of oxime groups is 1. The number of hydrogen-bond donors (Lipinski definition) is 3. The van der Waals surface area contributed by atoms with Crippen molar-refractivity contribution < 1.29 is 9.94 Å². The molecule has 2 aromatic rings. The van der Waals surface area contributed by atoms with Crippen molar-refractivity contribution in [2.24, 2.45) is 10.9 Å². The molecule has 0 saturated heterocycles. The largest absolute Gasteiger partial charge is 0.497 e. The summed E-state index contributed by atoms with van der Waals surface area (Å²) >= 11 is 0. The summed E-state index contributed by atoms with van der Waals surface area (Å²) in [4.78, 5) is 3.03. The SMILES string of the molecule is COc1ccc2[nH]cc(C(N)=NO)c2c1. The van der Waals surface area contributed by atoms with Crippen molar-refractivity contribution >= 4 is 16.7 Å². The van der Waals surface area contributed by atoms with E-state index in [1.54, 1.807) is 13.3 Å². The minimum Gasteiger partial charge on any atom is -0.497 e. The van der Waals surface area contributed by atoms with E-state index < -0.39 is 0 Å². The first kappa shape index (κ1) is 9.39. The number of fused-ring (bicyclic) bond motifs is 1. The van der Waals surface area contributed by atoms with Crippen molar-refractivity contribution in [2.45, 2.75) is 0 Å². The zero-order valence-corrected chi connectivity index (χ0v) is 8.19. The average molecular weight is 205 g/mol. The highest BCUT2D eigenvalue weighted by Crippen LogP contribution is 2.23. The van der Waals surface area contributed by atoms with Crippen LogP contribution < -0.4 is 10.5 Å². The third-order valence-corrected chi connectivity index (χ3v) is 2.27. The smallest absolute Gasteiger partial charge is 0.172 e. The van der Waals surface area contributed by atoms with Gasteiger partial charge in [0, 0.05) is 22.7 Å². The van der Waals surface area contributed by atoms with Gasteiger partial charge in [-0.2, -0.15) is 0 Å². The second-order valence-electron chi connectivity index (χ2n) is 3.10. The quantitative estimate of drug-likeness (QED) is 0.299. The molecular formula is C10H11N3O2. The zero-order valence-electron chi connectivity index (χ0n) is 8.19. The Kier molecular flexibility index (Phi) is 2.21. The second-order valence-corrected chi connectivity index (χ2v) is 3.10. The number of methoxy groups -OCH3 is 1. The molecule has 15 heavy (non-hydrogen) atoms. The van der Waals surface area contributed by atoms with Crippen LogP contribution in [0.25, 0.3) is 10.9 Å². The molecular weight excluding hydrogens is 194 g/mol. The summed E-state index contributed by atoms with van der Waals surface area (Å²) in [6.07, 6.45) is 1.69. The first-order valence-electron chi connectivity index (χ1n) is 4.39. The highest BCUT2D eigenvalue weighted by atomic mass is 16.5. The number of amidine groups is 1. The van der Waals surface area contributed by atoms with Crippen LogP contribution in [0.4, 0.5) is 0 Å². The third-order valence-electron chi connectivity index (χ3n) is 2.27. The molecule has 0 bridgehead atoms. The number of ether oxygens (including phenoxy) is 1. The van der Waals surface area contributed by atoms with Crippen LogP contribution in [-0.4, -0.2) is 23.1 Å². The maximum Gasteiger partial charge on any atom is 0.172 e. The summed E-state index contributed by atoms with van der Waals surface area (Å²) in [7, 11) is 1.59. The maximum absolute atomic E-state index is 8.61. The van der Waals surface area contributed by atoms with Crippen LogP contribution in [0.5, 0.6) is 5.75 Å². The Morgan fingerprint density at radius 1 is 1.53 bits per heavy atom. The molecule has 0 aliphatic rings. The van der Waals surface area contributed by atoms with Gasteiger partial charge in [0.15, 0.2) is 5.84 Å². The molecule has 0 fully saturated rings. The summed E-state index contributed by atoms with van der Waals surface area (Å²) in [5.41, 5.74) is 7.11. The maximum atomic E-state index is 8.61. The predicted molar refractivity (Wildman–Crippen MR) is 57.4 cm³/mol. The number of hydrogen-bond acceptors (Lipinski definition) is 3. The standard InChI is InChI=1S/C10H11N3O2/c1-15-6-2-3-9-7(4-6)8(5-12-9)10(11)13-14/h2-5,12,14H,1H3,(H2,11,13). The molecule has 0 aliphatic carbocycles. The van der Waals surface area contributed by atoms with Gasteiger partial charge in [0.1, 0.15) is 5.75 Å². The molecule has 1 aromatic carbocycles. The monoisotopic (exact) mass is 205 g/mol. The molecule has 0 unspecified atom stereocenters. The topological polar surface area (TPSA) is 83.6 Å². The molecule has 0 aliphatic heterocycles. The van der Waals surface area contributed by atoms with Gasteiger partial charge in [-0.25, -0.2) is 0 Å². The van der Waals surface area contributed by atoms with Crippen LogP contribution >= 0.6 is 0 Å². The Balaban J connectivity index is 2.66. The Morgan fingerprint density at radius 3 is 3.00 bits per heavy atom. The highest BCUT2D eigenvalue weighted by molar-refractivity contribution is 6.08. The van der Waals surface area contributed by atoms with Gasteiger partial charge >= 0.3 is 0 Å². The number of H-pyrrole nitrogens is 1. The summed E-state index contributed by atoms with van der Waals surface area (Å²) in [6.45, 7) is 0. The van der Waals surface area contributed by atoms with Crippen molar-refractivity contribution in [3.05, 3.63) is 30.0 Å². The van der Waals surface area contributed by atoms with Crippen molar-refractivity contribution in [3.8, 4) is 5.75 Å². The van der Waals surface area contributed by atoms with Crippen molar-refractivity contribution in [3.63, 3.8) is 0 Å². The van der Waals surface area contributed by atoms with Gasteiger partial charge in [0.25, 0.3) is 0 Å². The van der Waals surface area contributed by atoms with Gasteiger partial charge in [-0.15, -0.1) is 0 Å². The van der Waals surface area contributed by atoms with Crippen LogP contribution in [-0.2, 0) is 0 Å². The van der Waals surface area contributed by atoms with E-state index in [1.165, 1.54) is 0 Å². The minimum atomic E-state index is 0.0782. The predicted octanol–water partition coefficient (Wildman–Crippen LogP) is 1.27. The van der Waals surface area contributed by atoms with E-state index in [-0.39, 0.29) is 5.84 Å². The van der Waals surface area contributed by atoms with Crippen molar-refractivity contribution in [2.75, 3.05) is 7.11 Å². The van der Waals surface area contributed by atoms with E-state index in [9.17, 15) is 0 Å². The minimum absolute atomic E-state index is 0.0782. The van der Waals surface area contributed by atoms with Crippen molar-refractivity contribution in [1.82, 2.24) is 4.98 Å². The van der Waals surface area contributed by atoms with Gasteiger partial charge in [-0.05, 0) is 18.2 Å². The molecule has 5 nitrogen and oxygen atoms in total. The van der Waals surface area contributed by atoms with Crippen LogP contribution in [0.15, 0.2) is 29.6 Å². The van der Waals surface area contributed by atoms with E-state index in [4.69, 9.17) is 15.7 Å². The number of aromatic amines is 1. The fraction of sp³-hybridized carbons (Fsp3) is 0.100. The first-order chi connectivity index (χ1) is 7.26. The number of nitrogens with two attached hydrogens (primary N) is 1. The third kappa shape index (κ3) is 1.48. The Hall–Kier alpha value is -2.17. The number of benzene rings is 1. The number of nitrogens with zero attached hydrogens (tertiary/aromatic N) is 1. The first-order valence-corrected chi connectivity index (χ1v) is 4.39. The van der Waals surface area contributed by atoms with E-state index in [0.29, 0.717) is 5.56 Å². The highest BCUT2D eigenvalue weighted by Gasteiger charge is 2.08.